The lowest BCUT2D eigenvalue weighted by Crippen LogP contribution is -2.25. The topological polar surface area (TPSA) is 63.6 Å². The van der Waals surface area contributed by atoms with Crippen LogP contribution in [0.3, 0.4) is 0 Å². The number of hydrogen-bond acceptors (Lipinski definition) is 3. The molecule has 0 aromatic heterocycles. The van der Waals surface area contributed by atoms with E-state index in [9.17, 15) is 9.00 Å². The summed E-state index contributed by atoms with van der Waals surface area (Å²) < 4.78 is 16.4. The molecule has 2 atom stereocenters. The maximum absolute atomic E-state index is 11.2. The number of hydrogen-bond donors (Lipinski definition) is 1. The van der Waals surface area contributed by atoms with Crippen molar-refractivity contribution >= 4 is 16.8 Å². The summed E-state index contributed by atoms with van der Waals surface area (Å²) in [7, 11) is -1.34. The summed E-state index contributed by atoms with van der Waals surface area (Å²) in [5, 5.41) is 7.72. The largest absolute Gasteiger partial charge is 0.480 e. The number of aliphatic carboxylic acids is 1. The molecule has 0 aliphatic heterocycles. The number of ether oxygens (including phenoxy) is 1. The zero-order chi connectivity index (χ0) is 10.4. The Kier molecular flexibility index (Phi) is 5.90. The highest BCUT2D eigenvalue weighted by Crippen LogP contribution is 1.97. The molecule has 5 heteroatoms. The minimum Gasteiger partial charge on any atom is -0.480 e. The van der Waals surface area contributed by atoms with Crippen molar-refractivity contribution in [1.29, 1.82) is 0 Å². The van der Waals surface area contributed by atoms with Crippen molar-refractivity contribution in [1.82, 2.24) is 0 Å². The predicted octanol–water partition coefficient (Wildman–Crippen LogP) is 0.633. The molecule has 1 N–H and O–H groups in total. The molecule has 0 fully saturated rings. The maximum Gasteiger partial charge on any atom is 0.318 e. The molecule has 0 radical (unpaired) electrons. The van der Waals surface area contributed by atoms with Crippen LogP contribution >= 0.6 is 0 Å². The molecule has 0 saturated carbocycles. The molecule has 0 rings (SSSR count). The molecule has 13 heavy (non-hydrogen) atoms. The van der Waals surface area contributed by atoms with Gasteiger partial charge in [-0.05, 0) is 20.8 Å². The van der Waals surface area contributed by atoms with Crippen LogP contribution in [0.5, 0.6) is 0 Å². The quantitative estimate of drug-likeness (QED) is 0.695. The Hall–Kier alpha value is -0.420. The lowest BCUT2D eigenvalue weighted by molar-refractivity contribution is -0.136. The highest BCUT2D eigenvalue weighted by molar-refractivity contribution is 7.86. The molecule has 0 aromatic rings. The zero-order valence-electron chi connectivity index (χ0n) is 8.15. The monoisotopic (exact) mass is 208 g/mol. The highest BCUT2D eigenvalue weighted by atomic mass is 32.2. The lowest BCUT2D eigenvalue weighted by atomic mass is 10.5. The smallest absolute Gasteiger partial charge is 0.318 e. The molecule has 0 aromatic carbocycles. The van der Waals surface area contributed by atoms with Crippen LogP contribution in [0, 0.1) is 0 Å². The van der Waals surface area contributed by atoms with Gasteiger partial charge in [-0.3, -0.25) is 9.00 Å². The first-order valence-electron chi connectivity index (χ1n) is 4.16. The van der Waals surface area contributed by atoms with Crippen molar-refractivity contribution in [2.24, 2.45) is 0 Å². The van der Waals surface area contributed by atoms with Gasteiger partial charge in [-0.25, -0.2) is 0 Å². The van der Waals surface area contributed by atoms with Crippen LogP contribution in [0.25, 0.3) is 0 Å². The van der Waals surface area contributed by atoms with E-state index in [0.29, 0.717) is 6.61 Å². The second-order valence-corrected chi connectivity index (χ2v) is 4.86. The van der Waals surface area contributed by atoms with Gasteiger partial charge in [0.25, 0.3) is 0 Å². The van der Waals surface area contributed by atoms with E-state index in [-0.39, 0.29) is 11.9 Å². The minimum absolute atomic E-state index is 0.0946. The summed E-state index contributed by atoms with van der Waals surface area (Å²) in [6.45, 7) is 5.54. The first-order valence-corrected chi connectivity index (χ1v) is 5.55. The molecule has 0 saturated heterocycles. The summed E-state index contributed by atoms with van der Waals surface area (Å²) in [4.78, 5) is 10.4. The SMILES string of the molecule is CC(C)OCCS(=O)C(C)C(=O)O. The normalized spacial score (nSPS) is 15.7. The Labute approximate surface area is 80.7 Å². The van der Waals surface area contributed by atoms with Crippen molar-refractivity contribution in [2.45, 2.75) is 32.1 Å². The molecule has 0 aliphatic carbocycles. The van der Waals surface area contributed by atoms with E-state index in [4.69, 9.17) is 9.84 Å². The molecule has 0 bridgehead atoms. The van der Waals surface area contributed by atoms with E-state index >= 15 is 0 Å². The van der Waals surface area contributed by atoms with Gasteiger partial charge in [-0.15, -0.1) is 0 Å². The van der Waals surface area contributed by atoms with Crippen LogP contribution in [0.15, 0.2) is 0 Å². The molecule has 0 amide bonds. The third-order valence-electron chi connectivity index (χ3n) is 1.48. The van der Waals surface area contributed by atoms with Crippen molar-refractivity contribution in [2.75, 3.05) is 12.4 Å². The average molecular weight is 208 g/mol. The van der Waals surface area contributed by atoms with E-state index in [1.807, 2.05) is 13.8 Å². The van der Waals surface area contributed by atoms with E-state index in [1.54, 1.807) is 0 Å². The molecule has 0 spiro atoms. The average Bonchev–Trinajstić information content (AvgIpc) is 2.02. The van der Waals surface area contributed by atoms with Crippen molar-refractivity contribution < 1.29 is 18.8 Å². The number of rotatable bonds is 6. The third-order valence-corrected chi connectivity index (χ3v) is 3.04. The summed E-state index contributed by atoms with van der Waals surface area (Å²) in [6.07, 6.45) is 0.0946. The maximum atomic E-state index is 11.2. The van der Waals surface area contributed by atoms with Gasteiger partial charge >= 0.3 is 5.97 Å². The fraction of sp³-hybridized carbons (Fsp3) is 0.875. The Bertz CT molecular complexity index is 191. The fourth-order valence-electron chi connectivity index (χ4n) is 0.655. The minimum atomic E-state index is -1.34. The fourth-order valence-corrected chi connectivity index (χ4v) is 1.49. The molecule has 0 heterocycles. The standard InChI is InChI=1S/C8H16O4S/c1-6(2)12-4-5-13(11)7(3)8(9)10/h6-7H,4-5H2,1-3H3,(H,9,10). The van der Waals surface area contributed by atoms with Gasteiger partial charge in [0.15, 0.2) is 0 Å². The van der Waals surface area contributed by atoms with Crippen LogP contribution in [-0.2, 0) is 20.3 Å². The zero-order valence-corrected chi connectivity index (χ0v) is 8.97. The third kappa shape index (κ3) is 5.76. The number of carbonyl (C=O) groups is 1. The Morgan fingerprint density at radius 1 is 1.46 bits per heavy atom. The van der Waals surface area contributed by atoms with Gasteiger partial charge in [-0.2, -0.15) is 0 Å². The van der Waals surface area contributed by atoms with E-state index in [1.165, 1.54) is 6.92 Å². The summed E-state index contributed by atoms with van der Waals surface area (Å²) in [5.41, 5.74) is 0. The summed E-state index contributed by atoms with van der Waals surface area (Å²) >= 11 is 0. The van der Waals surface area contributed by atoms with E-state index in [0.717, 1.165) is 0 Å². The number of carboxylic acids is 1. The molecular weight excluding hydrogens is 192 g/mol. The lowest BCUT2D eigenvalue weighted by Gasteiger charge is -2.09. The molecule has 4 nitrogen and oxygen atoms in total. The van der Waals surface area contributed by atoms with Crippen LogP contribution < -0.4 is 0 Å². The van der Waals surface area contributed by atoms with Gasteiger partial charge in [0.2, 0.25) is 0 Å². The summed E-state index contributed by atoms with van der Waals surface area (Å²) in [6, 6.07) is 0. The molecule has 0 aliphatic rings. The first-order chi connectivity index (χ1) is 5.95. The van der Waals surface area contributed by atoms with Gasteiger partial charge in [0.05, 0.1) is 12.7 Å². The first kappa shape index (κ1) is 12.6. The number of carboxylic acid groups (broad SMARTS) is 1. The Morgan fingerprint density at radius 3 is 2.38 bits per heavy atom. The van der Waals surface area contributed by atoms with Gasteiger partial charge < -0.3 is 9.84 Å². The van der Waals surface area contributed by atoms with Crippen molar-refractivity contribution in [3.05, 3.63) is 0 Å². The van der Waals surface area contributed by atoms with Crippen LogP contribution in [0.4, 0.5) is 0 Å². The van der Waals surface area contributed by atoms with E-state index < -0.39 is 22.0 Å². The predicted molar refractivity (Wildman–Crippen MR) is 51.2 cm³/mol. The molecule has 2 unspecified atom stereocenters. The molecular formula is C8H16O4S. The van der Waals surface area contributed by atoms with Crippen LogP contribution in [0.2, 0.25) is 0 Å². The van der Waals surface area contributed by atoms with Crippen molar-refractivity contribution in [3.8, 4) is 0 Å². The van der Waals surface area contributed by atoms with Crippen LogP contribution in [-0.4, -0.2) is 39.0 Å². The van der Waals surface area contributed by atoms with Gasteiger partial charge in [0, 0.05) is 16.6 Å². The van der Waals surface area contributed by atoms with Gasteiger partial charge in [-0.1, -0.05) is 0 Å². The second kappa shape index (κ2) is 6.10. The van der Waals surface area contributed by atoms with E-state index in [2.05, 4.69) is 0 Å². The molecule has 78 valence electrons. The van der Waals surface area contributed by atoms with Gasteiger partial charge in [0.1, 0.15) is 5.25 Å². The van der Waals surface area contributed by atoms with Crippen molar-refractivity contribution in [3.63, 3.8) is 0 Å². The highest BCUT2D eigenvalue weighted by Gasteiger charge is 2.18. The van der Waals surface area contributed by atoms with Crippen LogP contribution in [0.1, 0.15) is 20.8 Å². The Morgan fingerprint density at radius 2 is 2.00 bits per heavy atom. The second-order valence-electron chi connectivity index (χ2n) is 2.98. The summed E-state index contributed by atoms with van der Waals surface area (Å²) in [5.74, 6) is -0.742. The Balaban J connectivity index is 3.69.